The quantitative estimate of drug-likeness (QED) is 0.671. The zero-order valence-electron chi connectivity index (χ0n) is 11.7. The van der Waals surface area contributed by atoms with Crippen molar-refractivity contribution in [3.63, 3.8) is 0 Å². The van der Waals surface area contributed by atoms with Gasteiger partial charge in [-0.2, -0.15) is 11.8 Å². The van der Waals surface area contributed by atoms with Crippen molar-refractivity contribution in [2.24, 2.45) is 0 Å². The van der Waals surface area contributed by atoms with E-state index in [4.69, 9.17) is 0 Å². The summed E-state index contributed by atoms with van der Waals surface area (Å²) in [5, 5.41) is 3.98. The summed E-state index contributed by atoms with van der Waals surface area (Å²) in [6.07, 6.45) is 9.69. The SMILES string of the molecule is CSC1CCCC(NS(=O)(=O)CCCNC2CC2)C1. The highest BCUT2D eigenvalue weighted by Gasteiger charge is 2.25. The largest absolute Gasteiger partial charge is 0.314 e. The first kappa shape index (κ1) is 15.6. The fraction of sp³-hybridized carbons (Fsp3) is 1.00. The molecular weight excluding hydrogens is 280 g/mol. The number of nitrogens with one attached hydrogen (secondary N) is 2. The standard InChI is InChI=1S/C13H26N2O2S2/c1-18-13-5-2-4-12(10-13)15-19(16,17)9-3-8-14-11-6-7-11/h11-15H,2-10H2,1H3. The van der Waals surface area contributed by atoms with E-state index in [-0.39, 0.29) is 11.8 Å². The smallest absolute Gasteiger partial charge is 0.211 e. The lowest BCUT2D eigenvalue weighted by atomic mass is 9.96. The van der Waals surface area contributed by atoms with Gasteiger partial charge in [0.25, 0.3) is 0 Å². The molecule has 0 spiro atoms. The molecule has 2 fully saturated rings. The van der Waals surface area contributed by atoms with Crippen molar-refractivity contribution in [2.45, 2.75) is 62.3 Å². The van der Waals surface area contributed by atoms with Gasteiger partial charge in [-0.25, -0.2) is 13.1 Å². The molecule has 6 heteroatoms. The normalized spacial score (nSPS) is 28.5. The maximum absolute atomic E-state index is 12.0. The minimum atomic E-state index is -3.09. The van der Waals surface area contributed by atoms with E-state index in [0.717, 1.165) is 25.8 Å². The van der Waals surface area contributed by atoms with Crippen LogP contribution in [0.25, 0.3) is 0 Å². The fourth-order valence-electron chi connectivity index (χ4n) is 2.63. The topological polar surface area (TPSA) is 58.2 Å². The van der Waals surface area contributed by atoms with Gasteiger partial charge in [-0.05, 0) is 51.3 Å². The van der Waals surface area contributed by atoms with Gasteiger partial charge in [-0.1, -0.05) is 6.42 Å². The second-order valence-electron chi connectivity index (χ2n) is 5.74. The first-order chi connectivity index (χ1) is 9.09. The lowest BCUT2D eigenvalue weighted by Crippen LogP contribution is -2.40. The summed E-state index contributed by atoms with van der Waals surface area (Å²) in [4.78, 5) is 0. The maximum atomic E-state index is 12.0. The van der Waals surface area contributed by atoms with E-state index in [1.54, 1.807) is 0 Å². The highest BCUT2D eigenvalue weighted by Crippen LogP contribution is 2.27. The Morgan fingerprint density at radius 1 is 1.16 bits per heavy atom. The molecule has 2 atom stereocenters. The molecule has 0 aliphatic heterocycles. The number of thioether (sulfide) groups is 1. The van der Waals surface area contributed by atoms with Gasteiger partial charge in [0.05, 0.1) is 5.75 Å². The van der Waals surface area contributed by atoms with Crippen LogP contribution in [0.15, 0.2) is 0 Å². The molecule has 0 aromatic carbocycles. The van der Waals surface area contributed by atoms with Crippen molar-refractivity contribution < 1.29 is 8.42 Å². The summed E-state index contributed by atoms with van der Waals surface area (Å²) in [7, 11) is -3.09. The maximum Gasteiger partial charge on any atom is 0.211 e. The van der Waals surface area contributed by atoms with Crippen molar-refractivity contribution in [1.82, 2.24) is 10.0 Å². The third kappa shape index (κ3) is 6.02. The van der Waals surface area contributed by atoms with Gasteiger partial charge >= 0.3 is 0 Å². The molecule has 2 rings (SSSR count). The Kier molecular flexibility index (Phi) is 5.99. The van der Waals surface area contributed by atoms with Gasteiger partial charge < -0.3 is 5.32 Å². The Hall–Kier alpha value is 0.220. The first-order valence-electron chi connectivity index (χ1n) is 7.35. The molecule has 2 N–H and O–H groups in total. The molecule has 0 amide bonds. The van der Waals surface area contributed by atoms with Crippen molar-refractivity contribution >= 4 is 21.8 Å². The second kappa shape index (κ2) is 7.29. The molecule has 0 bridgehead atoms. The first-order valence-corrected chi connectivity index (χ1v) is 10.3. The van der Waals surface area contributed by atoms with Crippen LogP contribution in [0.5, 0.6) is 0 Å². The van der Waals surface area contributed by atoms with Crippen LogP contribution in [0.3, 0.4) is 0 Å². The van der Waals surface area contributed by atoms with E-state index < -0.39 is 10.0 Å². The highest BCUT2D eigenvalue weighted by molar-refractivity contribution is 7.99. The Labute approximate surface area is 121 Å². The Morgan fingerprint density at radius 2 is 1.95 bits per heavy atom. The minimum Gasteiger partial charge on any atom is -0.314 e. The van der Waals surface area contributed by atoms with Crippen molar-refractivity contribution in [2.75, 3.05) is 18.6 Å². The molecule has 2 saturated carbocycles. The zero-order valence-corrected chi connectivity index (χ0v) is 13.4. The van der Waals surface area contributed by atoms with Gasteiger partial charge in [-0.3, -0.25) is 0 Å². The summed E-state index contributed by atoms with van der Waals surface area (Å²) in [5.41, 5.74) is 0. The molecule has 19 heavy (non-hydrogen) atoms. The molecule has 2 unspecified atom stereocenters. The van der Waals surface area contributed by atoms with Gasteiger partial charge in [0.1, 0.15) is 0 Å². The Morgan fingerprint density at radius 3 is 2.63 bits per heavy atom. The van der Waals surface area contributed by atoms with E-state index in [1.807, 2.05) is 11.8 Å². The van der Waals surface area contributed by atoms with Crippen LogP contribution in [-0.4, -0.2) is 44.3 Å². The molecular formula is C13H26N2O2S2. The van der Waals surface area contributed by atoms with E-state index in [9.17, 15) is 8.42 Å². The number of sulfonamides is 1. The van der Waals surface area contributed by atoms with Crippen molar-refractivity contribution in [3.05, 3.63) is 0 Å². The van der Waals surface area contributed by atoms with Gasteiger partial charge in [0.2, 0.25) is 10.0 Å². The third-order valence-electron chi connectivity index (χ3n) is 3.91. The van der Waals surface area contributed by atoms with Crippen LogP contribution in [-0.2, 0) is 10.0 Å². The van der Waals surface area contributed by atoms with Crippen LogP contribution >= 0.6 is 11.8 Å². The summed E-state index contributed by atoms with van der Waals surface area (Å²) in [5.74, 6) is 0.257. The summed E-state index contributed by atoms with van der Waals surface area (Å²) in [6, 6.07) is 0.823. The predicted octanol–water partition coefficient (Wildman–Crippen LogP) is 1.72. The second-order valence-corrected chi connectivity index (χ2v) is 8.75. The van der Waals surface area contributed by atoms with Gasteiger partial charge in [-0.15, -0.1) is 0 Å². The Bertz CT molecular complexity index is 369. The average molecular weight is 306 g/mol. The number of rotatable bonds is 8. The van der Waals surface area contributed by atoms with Crippen molar-refractivity contribution in [3.8, 4) is 0 Å². The number of hydrogen-bond donors (Lipinski definition) is 2. The lowest BCUT2D eigenvalue weighted by Gasteiger charge is -2.28. The monoisotopic (exact) mass is 306 g/mol. The number of hydrogen-bond acceptors (Lipinski definition) is 4. The Balaban J connectivity index is 1.66. The van der Waals surface area contributed by atoms with Crippen molar-refractivity contribution in [1.29, 1.82) is 0 Å². The molecule has 2 aliphatic rings. The van der Waals surface area contributed by atoms with Crippen LogP contribution in [0.1, 0.15) is 44.9 Å². The third-order valence-corrected chi connectivity index (χ3v) is 6.52. The highest BCUT2D eigenvalue weighted by atomic mass is 32.2. The van der Waals surface area contributed by atoms with Gasteiger partial charge in [0.15, 0.2) is 0 Å². The molecule has 0 aromatic heterocycles. The molecule has 0 aromatic rings. The molecule has 4 nitrogen and oxygen atoms in total. The summed E-state index contributed by atoms with van der Waals surface area (Å²) in [6.45, 7) is 0.823. The van der Waals surface area contributed by atoms with E-state index in [0.29, 0.717) is 17.7 Å². The molecule has 0 saturated heterocycles. The average Bonchev–Trinajstić information content (AvgIpc) is 3.18. The van der Waals surface area contributed by atoms with Crippen LogP contribution in [0.2, 0.25) is 0 Å². The van der Waals surface area contributed by atoms with Crippen LogP contribution < -0.4 is 10.0 Å². The minimum absolute atomic E-state index is 0.160. The van der Waals surface area contributed by atoms with Crippen LogP contribution in [0.4, 0.5) is 0 Å². The molecule has 112 valence electrons. The predicted molar refractivity (Wildman–Crippen MR) is 82.1 cm³/mol. The zero-order chi connectivity index (χ0) is 13.7. The lowest BCUT2D eigenvalue weighted by molar-refractivity contribution is 0.420. The molecule has 2 aliphatic carbocycles. The van der Waals surface area contributed by atoms with Gasteiger partial charge in [0, 0.05) is 17.3 Å². The van der Waals surface area contributed by atoms with E-state index >= 15 is 0 Å². The molecule has 0 radical (unpaired) electrons. The fourth-order valence-corrected chi connectivity index (χ4v) is 4.83. The summed E-state index contributed by atoms with van der Waals surface area (Å²) >= 11 is 1.86. The van der Waals surface area contributed by atoms with Crippen LogP contribution in [0, 0.1) is 0 Å². The van der Waals surface area contributed by atoms with E-state index in [2.05, 4.69) is 16.3 Å². The van der Waals surface area contributed by atoms with E-state index in [1.165, 1.54) is 19.3 Å². The summed E-state index contributed by atoms with van der Waals surface area (Å²) < 4.78 is 26.9. The molecule has 0 heterocycles.